The van der Waals surface area contributed by atoms with E-state index in [-0.39, 0.29) is 23.9 Å². The fourth-order valence-corrected chi connectivity index (χ4v) is 6.64. The van der Waals surface area contributed by atoms with E-state index in [1.165, 1.54) is 18.2 Å². The highest BCUT2D eigenvalue weighted by Crippen LogP contribution is 2.76. The van der Waals surface area contributed by atoms with Gasteiger partial charge in [0.05, 0.1) is 13.2 Å². The number of hydrogen-bond donors (Lipinski definition) is 0. The van der Waals surface area contributed by atoms with Gasteiger partial charge in [-0.1, -0.05) is 71.7 Å². The van der Waals surface area contributed by atoms with Gasteiger partial charge in [0.1, 0.15) is 0 Å². The van der Waals surface area contributed by atoms with Gasteiger partial charge in [-0.25, -0.2) is 4.79 Å². The first kappa shape index (κ1) is 20.3. The number of halogens is 2. The smallest absolute Gasteiger partial charge is 0.339 e. The van der Waals surface area contributed by atoms with Gasteiger partial charge in [0.15, 0.2) is 5.60 Å². The minimum Gasteiger partial charge on any atom is -0.467 e. The van der Waals surface area contributed by atoms with E-state index in [0.29, 0.717) is 10.0 Å². The molecule has 0 amide bonds. The van der Waals surface area contributed by atoms with Crippen LogP contribution in [0.1, 0.15) is 53.0 Å². The Hall–Kier alpha value is -2.33. The Morgan fingerprint density at radius 1 is 0.906 bits per heavy atom. The van der Waals surface area contributed by atoms with Crippen LogP contribution in [0.4, 0.5) is 0 Å². The van der Waals surface area contributed by atoms with Crippen LogP contribution in [0.15, 0.2) is 72.8 Å². The van der Waals surface area contributed by atoms with Crippen molar-refractivity contribution in [3.8, 4) is 0 Å². The Labute approximate surface area is 197 Å². The van der Waals surface area contributed by atoms with Crippen LogP contribution in [0.2, 0.25) is 10.0 Å². The highest BCUT2D eigenvalue weighted by molar-refractivity contribution is 6.30. The Bertz CT molecular complexity index is 1210. The number of carbonyl (C=O) groups is 1. The molecule has 3 aromatic carbocycles. The van der Waals surface area contributed by atoms with Crippen LogP contribution < -0.4 is 0 Å². The molecule has 0 N–H and O–H groups in total. The maximum Gasteiger partial charge on any atom is 0.339 e. The molecule has 0 unspecified atom stereocenters. The Balaban J connectivity index is 1.59. The summed E-state index contributed by atoms with van der Waals surface area (Å²) in [5, 5.41) is 1.37. The van der Waals surface area contributed by atoms with Crippen LogP contribution in [0.5, 0.6) is 0 Å². The molecular weight excluding hydrogens is 443 g/mol. The molecule has 3 aromatic rings. The second-order valence-corrected chi connectivity index (χ2v) is 9.91. The number of rotatable bonds is 3. The monoisotopic (exact) mass is 464 g/mol. The molecule has 32 heavy (non-hydrogen) atoms. The lowest BCUT2D eigenvalue weighted by Gasteiger charge is -2.44. The van der Waals surface area contributed by atoms with Crippen LogP contribution in [0.3, 0.4) is 0 Å². The summed E-state index contributed by atoms with van der Waals surface area (Å²) in [6.45, 7) is 0. The number of hydrogen-bond acceptors (Lipinski definition) is 3. The van der Waals surface area contributed by atoms with Crippen molar-refractivity contribution in [1.29, 1.82) is 0 Å². The third kappa shape index (κ3) is 2.56. The van der Waals surface area contributed by atoms with Gasteiger partial charge in [-0.2, -0.15) is 0 Å². The average Bonchev–Trinajstić information content (AvgIpc) is 3.46. The largest absolute Gasteiger partial charge is 0.467 e. The van der Waals surface area contributed by atoms with Crippen LogP contribution in [-0.4, -0.2) is 18.7 Å². The van der Waals surface area contributed by atoms with Crippen molar-refractivity contribution in [2.24, 2.45) is 0 Å². The molecule has 2 bridgehead atoms. The van der Waals surface area contributed by atoms with Gasteiger partial charge in [-0.05, 0) is 65.3 Å². The maximum absolute atomic E-state index is 13.7. The SMILES string of the molecule is COC(=O)[C@]12O[C@H](C[C@H]1c1ccc(Cl)cc1)c1ccccc1[C@]21C[C@H]1c1ccc(Cl)cc1. The summed E-state index contributed by atoms with van der Waals surface area (Å²) in [5.74, 6) is -0.304. The molecule has 0 aromatic heterocycles. The van der Waals surface area contributed by atoms with Gasteiger partial charge in [0.25, 0.3) is 0 Å². The van der Waals surface area contributed by atoms with Crippen molar-refractivity contribution >= 4 is 29.2 Å². The molecule has 1 spiro atoms. The van der Waals surface area contributed by atoms with E-state index in [1.807, 2.05) is 36.4 Å². The third-order valence-electron chi connectivity index (χ3n) is 7.71. The van der Waals surface area contributed by atoms with E-state index in [4.69, 9.17) is 32.7 Å². The summed E-state index contributed by atoms with van der Waals surface area (Å²) in [5.41, 5.74) is 3.01. The topological polar surface area (TPSA) is 35.5 Å². The summed E-state index contributed by atoms with van der Waals surface area (Å²) in [4.78, 5) is 13.7. The average molecular weight is 465 g/mol. The van der Waals surface area contributed by atoms with E-state index in [2.05, 4.69) is 36.4 Å². The molecule has 2 fully saturated rings. The normalized spacial score (nSPS) is 31.9. The minimum absolute atomic E-state index is 0.133. The molecule has 1 aliphatic carbocycles. The zero-order valence-corrected chi connectivity index (χ0v) is 19.1. The van der Waals surface area contributed by atoms with Crippen LogP contribution in [0, 0.1) is 0 Å². The fraction of sp³-hybridized carbons (Fsp3) is 0.296. The van der Waals surface area contributed by atoms with Gasteiger partial charge in [0.2, 0.25) is 0 Å². The van der Waals surface area contributed by atoms with Gasteiger partial charge < -0.3 is 9.47 Å². The number of fused-ring (bicyclic) bond motifs is 6. The first-order valence-corrected chi connectivity index (χ1v) is 11.6. The van der Waals surface area contributed by atoms with Crippen LogP contribution in [0.25, 0.3) is 0 Å². The zero-order chi connectivity index (χ0) is 22.1. The number of esters is 1. The summed E-state index contributed by atoms with van der Waals surface area (Å²) in [6.07, 6.45) is 1.39. The van der Waals surface area contributed by atoms with Crippen molar-refractivity contribution in [2.75, 3.05) is 7.11 Å². The standard InChI is InChI=1S/C27H22Cl2O3/c1-31-25(30)27-22(16-6-10-18(28)11-7-16)14-24(32-27)20-4-2-3-5-21(20)26(27)15-23(26)17-8-12-19(29)13-9-17/h2-13,22-24H,14-15H2,1H3/t22-,23-,24+,26-,27+/m0/s1. The molecular formula is C27H22Cl2O3. The maximum atomic E-state index is 13.7. The molecule has 1 saturated carbocycles. The molecule has 5 heteroatoms. The van der Waals surface area contributed by atoms with E-state index in [1.54, 1.807) is 0 Å². The van der Waals surface area contributed by atoms with E-state index >= 15 is 0 Å². The molecule has 162 valence electrons. The highest BCUT2D eigenvalue weighted by Gasteiger charge is 2.79. The Morgan fingerprint density at radius 3 is 2.12 bits per heavy atom. The van der Waals surface area contributed by atoms with Gasteiger partial charge >= 0.3 is 5.97 Å². The third-order valence-corrected chi connectivity index (χ3v) is 8.22. The Kier molecular flexibility index (Phi) is 4.49. The molecule has 0 radical (unpaired) electrons. The number of carbonyl (C=O) groups excluding carboxylic acids is 1. The molecule has 3 nitrogen and oxygen atoms in total. The molecule has 2 aliphatic heterocycles. The molecule has 6 rings (SSSR count). The second kappa shape index (κ2) is 7.08. The fourth-order valence-electron chi connectivity index (χ4n) is 6.38. The Morgan fingerprint density at radius 2 is 1.50 bits per heavy atom. The second-order valence-electron chi connectivity index (χ2n) is 9.04. The molecule has 5 atom stereocenters. The highest BCUT2D eigenvalue weighted by atomic mass is 35.5. The van der Waals surface area contributed by atoms with Crippen LogP contribution >= 0.6 is 23.2 Å². The molecule has 3 aliphatic rings. The minimum atomic E-state index is -1.10. The van der Waals surface area contributed by atoms with Crippen molar-refractivity contribution in [2.45, 2.75) is 41.8 Å². The van der Waals surface area contributed by atoms with Gasteiger partial charge in [0, 0.05) is 21.4 Å². The summed E-state index contributed by atoms with van der Waals surface area (Å²) in [6, 6.07) is 24.2. The number of benzene rings is 3. The zero-order valence-electron chi connectivity index (χ0n) is 17.6. The van der Waals surface area contributed by atoms with E-state index < -0.39 is 11.0 Å². The lowest BCUT2D eigenvalue weighted by atomic mass is 9.67. The molecule has 2 heterocycles. The first-order valence-electron chi connectivity index (χ1n) is 10.9. The van der Waals surface area contributed by atoms with E-state index in [0.717, 1.165) is 24.0 Å². The summed E-state index contributed by atoms with van der Waals surface area (Å²) >= 11 is 12.3. The van der Waals surface area contributed by atoms with Crippen LogP contribution in [-0.2, 0) is 19.7 Å². The van der Waals surface area contributed by atoms with Crippen molar-refractivity contribution < 1.29 is 14.3 Å². The van der Waals surface area contributed by atoms with Crippen molar-refractivity contribution in [3.05, 3.63) is 105 Å². The lowest BCUT2D eigenvalue weighted by molar-refractivity contribution is -0.178. The van der Waals surface area contributed by atoms with Crippen molar-refractivity contribution in [3.63, 3.8) is 0 Å². The van der Waals surface area contributed by atoms with Gasteiger partial charge in [-0.3, -0.25) is 0 Å². The quantitative estimate of drug-likeness (QED) is 0.410. The lowest BCUT2D eigenvalue weighted by Crippen LogP contribution is -2.56. The first-order chi connectivity index (χ1) is 15.5. The van der Waals surface area contributed by atoms with Gasteiger partial charge in [-0.15, -0.1) is 0 Å². The predicted octanol–water partition coefficient (Wildman–Crippen LogP) is 6.59. The van der Waals surface area contributed by atoms with E-state index in [9.17, 15) is 4.79 Å². The summed E-state index contributed by atoms with van der Waals surface area (Å²) < 4.78 is 12.2. The number of methoxy groups -OCH3 is 1. The predicted molar refractivity (Wildman–Crippen MR) is 124 cm³/mol. The summed E-state index contributed by atoms with van der Waals surface area (Å²) in [7, 11) is 1.46. The molecule has 1 saturated heterocycles. The number of ether oxygens (including phenoxy) is 2. The van der Waals surface area contributed by atoms with Crippen molar-refractivity contribution in [1.82, 2.24) is 0 Å².